The highest BCUT2D eigenvalue weighted by Crippen LogP contribution is 2.18. The van der Waals surface area contributed by atoms with Gasteiger partial charge in [-0.3, -0.25) is 4.79 Å². The van der Waals surface area contributed by atoms with Gasteiger partial charge in [0.15, 0.2) is 0 Å². The van der Waals surface area contributed by atoms with Gasteiger partial charge in [0.05, 0.1) is 5.69 Å². The Hall–Kier alpha value is -2.03. The van der Waals surface area contributed by atoms with Crippen LogP contribution in [0.15, 0.2) is 47.4 Å². The molecule has 0 saturated carbocycles. The van der Waals surface area contributed by atoms with Crippen molar-refractivity contribution in [2.45, 2.75) is 33.4 Å². The Kier molecular flexibility index (Phi) is 4.05. The lowest BCUT2D eigenvalue weighted by Gasteiger charge is -2.16. The lowest BCUT2D eigenvalue weighted by Crippen LogP contribution is -2.18. The fraction of sp³-hybridized carbons (Fsp3) is 0.312. The van der Waals surface area contributed by atoms with Gasteiger partial charge in [0.2, 0.25) is 0 Å². The van der Waals surface area contributed by atoms with Gasteiger partial charge < -0.3 is 9.88 Å². The molecule has 1 aromatic heterocycles. The maximum Gasteiger partial charge on any atom is 0.250 e. The molecule has 19 heavy (non-hydrogen) atoms. The van der Waals surface area contributed by atoms with Crippen LogP contribution in [0, 0.1) is 6.92 Å². The first kappa shape index (κ1) is 13.4. The lowest BCUT2D eigenvalue weighted by molar-refractivity contribution is 0.725. The molecule has 100 valence electrons. The Bertz CT molecular complexity index is 599. The third kappa shape index (κ3) is 3.25. The molecule has 0 aliphatic carbocycles. The molecule has 1 unspecified atom stereocenters. The number of anilines is 1. The van der Waals surface area contributed by atoms with Crippen LogP contribution in [0.2, 0.25) is 0 Å². The molecular formula is C16H20N2O. The zero-order chi connectivity index (χ0) is 13.8. The molecule has 0 aliphatic heterocycles. The summed E-state index contributed by atoms with van der Waals surface area (Å²) in [5, 5.41) is 3.42. The number of hydrogen-bond acceptors (Lipinski definition) is 2. The zero-order valence-corrected chi connectivity index (χ0v) is 11.7. The summed E-state index contributed by atoms with van der Waals surface area (Å²) >= 11 is 0. The van der Waals surface area contributed by atoms with E-state index in [4.69, 9.17) is 0 Å². The topological polar surface area (TPSA) is 34.0 Å². The summed E-state index contributed by atoms with van der Waals surface area (Å²) in [6, 6.07) is 12.1. The summed E-state index contributed by atoms with van der Waals surface area (Å²) in [4.78, 5) is 11.5. The molecule has 0 amide bonds. The predicted octanol–water partition coefficient (Wildman–Crippen LogP) is 3.35. The van der Waals surface area contributed by atoms with Crippen LogP contribution >= 0.6 is 0 Å². The van der Waals surface area contributed by atoms with Crippen molar-refractivity contribution in [1.82, 2.24) is 4.57 Å². The number of hydrogen-bond donors (Lipinski definition) is 1. The van der Waals surface area contributed by atoms with E-state index in [1.807, 2.05) is 19.2 Å². The fourth-order valence-corrected chi connectivity index (χ4v) is 2.05. The second kappa shape index (κ2) is 5.74. The minimum absolute atomic E-state index is 0.0380. The molecular weight excluding hydrogens is 236 g/mol. The van der Waals surface area contributed by atoms with Crippen molar-refractivity contribution < 1.29 is 0 Å². The molecule has 0 radical (unpaired) electrons. The Balaban J connectivity index is 2.16. The maximum atomic E-state index is 11.5. The number of nitrogens with one attached hydrogen (secondary N) is 1. The fourth-order valence-electron chi connectivity index (χ4n) is 2.05. The number of aromatic nitrogens is 1. The summed E-state index contributed by atoms with van der Waals surface area (Å²) in [5.41, 5.74) is 3.50. The first-order valence-electron chi connectivity index (χ1n) is 6.63. The third-order valence-corrected chi connectivity index (χ3v) is 3.28. The van der Waals surface area contributed by atoms with E-state index in [0.29, 0.717) is 6.54 Å². The minimum atomic E-state index is 0.0380. The van der Waals surface area contributed by atoms with Gasteiger partial charge in [-0.2, -0.15) is 0 Å². The van der Waals surface area contributed by atoms with Crippen LogP contribution in [0.25, 0.3) is 0 Å². The molecule has 2 aromatic rings. The second-order valence-corrected chi connectivity index (χ2v) is 4.82. The van der Waals surface area contributed by atoms with Gasteiger partial charge in [-0.1, -0.05) is 29.8 Å². The molecule has 1 N–H and O–H groups in total. The van der Waals surface area contributed by atoms with Crippen molar-refractivity contribution >= 4 is 5.69 Å². The van der Waals surface area contributed by atoms with Crippen LogP contribution in [0.3, 0.4) is 0 Å². The normalized spacial score (nSPS) is 12.2. The van der Waals surface area contributed by atoms with Gasteiger partial charge in [-0.25, -0.2) is 0 Å². The maximum absolute atomic E-state index is 11.5. The van der Waals surface area contributed by atoms with Crippen LogP contribution in [0.1, 0.15) is 31.0 Å². The van der Waals surface area contributed by atoms with Crippen LogP contribution in [0.4, 0.5) is 5.69 Å². The SMILES string of the molecule is CCn1cc(NC(C)c2ccc(C)cc2)ccc1=O. The summed E-state index contributed by atoms with van der Waals surface area (Å²) in [6.45, 7) is 6.85. The first-order valence-corrected chi connectivity index (χ1v) is 6.63. The van der Waals surface area contributed by atoms with Crippen LogP contribution in [0.5, 0.6) is 0 Å². The summed E-state index contributed by atoms with van der Waals surface area (Å²) in [6.07, 6.45) is 1.87. The molecule has 0 saturated heterocycles. The molecule has 3 nitrogen and oxygen atoms in total. The Morgan fingerprint density at radius 1 is 1.16 bits per heavy atom. The van der Waals surface area contributed by atoms with Gasteiger partial charge in [0.25, 0.3) is 5.56 Å². The quantitative estimate of drug-likeness (QED) is 0.910. The van der Waals surface area contributed by atoms with Crippen molar-refractivity contribution in [2.24, 2.45) is 0 Å². The summed E-state index contributed by atoms with van der Waals surface area (Å²) in [5.74, 6) is 0. The van der Waals surface area contributed by atoms with E-state index in [1.54, 1.807) is 10.6 Å². The highest BCUT2D eigenvalue weighted by Gasteiger charge is 2.05. The third-order valence-electron chi connectivity index (χ3n) is 3.28. The Morgan fingerprint density at radius 3 is 2.47 bits per heavy atom. The van der Waals surface area contributed by atoms with Gasteiger partial charge >= 0.3 is 0 Å². The second-order valence-electron chi connectivity index (χ2n) is 4.82. The number of rotatable bonds is 4. The Morgan fingerprint density at radius 2 is 1.84 bits per heavy atom. The van der Waals surface area contributed by atoms with E-state index in [9.17, 15) is 4.79 Å². The standard InChI is InChI=1S/C16H20N2O/c1-4-18-11-15(9-10-16(18)19)17-13(3)14-7-5-12(2)6-8-14/h5-11,13,17H,4H2,1-3H3. The molecule has 1 heterocycles. The molecule has 3 heteroatoms. The smallest absolute Gasteiger partial charge is 0.250 e. The lowest BCUT2D eigenvalue weighted by atomic mass is 10.1. The van der Waals surface area contributed by atoms with Crippen molar-refractivity contribution in [1.29, 1.82) is 0 Å². The molecule has 2 rings (SSSR count). The molecule has 0 aliphatic rings. The molecule has 0 spiro atoms. The van der Waals surface area contributed by atoms with Gasteiger partial charge in [0.1, 0.15) is 0 Å². The highest BCUT2D eigenvalue weighted by atomic mass is 16.1. The number of benzene rings is 1. The Labute approximate surface area is 113 Å². The van der Waals surface area contributed by atoms with Crippen LogP contribution in [-0.4, -0.2) is 4.57 Å². The predicted molar refractivity (Wildman–Crippen MR) is 79.6 cm³/mol. The molecule has 1 atom stereocenters. The number of pyridine rings is 1. The van der Waals surface area contributed by atoms with E-state index in [2.05, 4.69) is 43.4 Å². The average molecular weight is 256 g/mol. The van der Waals surface area contributed by atoms with E-state index in [-0.39, 0.29) is 11.6 Å². The van der Waals surface area contributed by atoms with E-state index in [0.717, 1.165) is 5.69 Å². The monoisotopic (exact) mass is 256 g/mol. The average Bonchev–Trinajstić information content (AvgIpc) is 2.41. The largest absolute Gasteiger partial charge is 0.377 e. The zero-order valence-electron chi connectivity index (χ0n) is 11.7. The van der Waals surface area contributed by atoms with Crippen molar-refractivity contribution in [2.75, 3.05) is 5.32 Å². The van der Waals surface area contributed by atoms with Crippen LogP contribution in [-0.2, 0) is 6.54 Å². The molecule has 1 aromatic carbocycles. The van der Waals surface area contributed by atoms with Gasteiger partial charge in [0, 0.05) is 24.8 Å². The van der Waals surface area contributed by atoms with Crippen molar-refractivity contribution in [3.05, 3.63) is 64.1 Å². The molecule has 0 fully saturated rings. The van der Waals surface area contributed by atoms with Crippen molar-refractivity contribution in [3.63, 3.8) is 0 Å². The first-order chi connectivity index (χ1) is 9.10. The van der Waals surface area contributed by atoms with Crippen molar-refractivity contribution in [3.8, 4) is 0 Å². The van der Waals surface area contributed by atoms with Gasteiger partial charge in [-0.15, -0.1) is 0 Å². The van der Waals surface area contributed by atoms with Crippen LogP contribution < -0.4 is 10.9 Å². The summed E-state index contributed by atoms with van der Waals surface area (Å²) < 4.78 is 1.70. The van der Waals surface area contributed by atoms with E-state index >= 15 is 0 Å². The van der Waals surface area contributed by atoms with E-state index < -0.39 is 0 Å². The van der Waals surface area contributed by atoms with E-state index in [1.165, 1.54) is 11.1 Å². The summed E-state index contributed by atoms with van der Waals surface area (Å²) in [7, 11) is 0. The number of aryl methyl sites for hydroxylation is 2. The highest BCUT2D eigenvalue weighted by molar-refractivity contribution is 5.43. The minimum Gasteiger partial charge on any atom is -0.377 e. The number of nitrogens with zero attached hydrogens (tertiary/aromatic N) is 1. The molecule has 0 bridgehead atoms. The van der Waals surface area contributed by atoms with Gasteiger partial charge in [-0.05, 0) is 32.4 Å².